The lowest BCUT2D eigenvalue weighted by molar-refractivity contribution is -0.122. The van der Waals surface area contributed by atoms with E-state index in [0.29, 0.717) is 38.2 Å². The molecule has 0 N–H and O–H groups in total. The van der Waals surface area contributed by atoms with Crippen LogP contribution in [0.1, 0.15) is 12.7 Å². The fraction of sp³-hybridized carbons (Fsp3) is 0.0909. The topological polar surface area (TPSA) is 45.8 Å². The van der Waals surface area contributed by atoms with Crippen molar-refractivity contribution in [1.82, 2.24) is 4.90 Å². The first-order valence-corrected chi connectivity index (χ1v) is 11.1. The summed E-state index contributed by atoms with van der Waals surface area (Å²) in [4.78, 5) is 20.4. The third kappa shape index (κ3) is 4.80. The summed E-state index contributed by atoms with van der Waals surface area (Å²) in [6.07, 6.45) is 1.72. The van der Waals surface area contributed by atoms with E-state index in [4.69, 9.17) is 16.0 Å². The first-order chi connectivity index (χ1) is 14.5. The van der Waals surface area contributed by atoms with Crippen LogP contribution in [0.3, 0.4) is 0 Å². The van der Waals surface area contributed by atoms with E-state index in [1.54, 1.807) is 23.1 Å². The van der Waals surface area contributed by atoms with E-state index < -0.39 is 0 Å². The van der Waals surface area contributed by atoms with Crippen LogP contribution in [-0.4, -0.2) is 22.5 Å². The van der Waals surface area contributed by atoms with Gasteiger partial charge >= 0.3 is 0 Å². The van der Waals surface area contributed by atoms with Crippen molar-refractivity contribution in [3.05, 3.63) is 82.2 Å². The number of amidine groups is 1. The number of carbonyl (C=O) groups is 1. The number of amides is 1. The van der Waals surface area contributed by atoms with Gasteiger partial charge in [0.25, 0.3) is 5.91 Å². The molecule has 1 aliphatic heterocycles. The average Bonchev–Trinajstić information content (AvgIpc) is 3.29. The van der Waals surface area contributed by atoms with Crippen molar-refractivity contribution in [2.75, 3.05) is 6.54 Å². The molecular weight excluding hydrogens is 443 g/mol. The SMILES string of the molecule is CCN1C(=O)/C(=C\c2ccc(Sc3ccc(Cl)cc3)o2)SC1=Nc1ccc(F)cc1. The summed E-state index contributed by atoms with van der Waals surface area (Å²) in [6, 6.07) is 17.0. The normalized spacial score (nSPS) is 16.8. The van der Waals surface area contributed by atoms with Crippen molar-refractivity contribution in [2.24, 2.45) is 4.99 Å². The lowest BCUT2D eigenvalue weighted by atomic mass is 10.3. The van der Waals surface area contributed by atoms with Crippen LogP contribution < -0.4 is 0 Å². The minimum absolute atomic E-state index is 0.133. The van der Waals surface area contributed by atoms with E-state index in [2.05, 4.69) is 4.99 Å². The van der Waals surface area contributed by atoms with E-state index in [1.165, 1.54) is 35.7 Å². The first-order valence-electron chi connectivity index (χ1n) is 9.11. The van der Waals surface area contributed by atoms with E-state index in [0.717, 1.165) is 4.90 Å². The number of aliphatic imine (C=N–C) groups is 1. The highest BCUT2D eigenvalue weighted by Crippen LogP contribution is 2.35. The maximum Gasteiger partial charge on any atom is 0.266 e. The number of hydrogen-bond acceptors (Lipinski definition) is 5. The Labute approximate surface area is 186 Å². The summed E-state index contributed by atoms with van der Waals surface area (Å²) >= 11 is 8.66. The molecule has 1 fully saturated rings. The van der Waals surface area contributed by atoms with Gasteiger partial charge in [-0.1, -0.05) is 23.4 Å². The number of nitrogens with zero attached hydrogens (tertiary/aromatic N) is 2. The fourth-order valence-corrected chi connectivity index (χ4v) is 4.66. The number of benzene rings is 2. The standard InChI is InChI=1S/C22H16ClFN2O2S2/c1-2-26-21(27)19(30-22(26)25-16-7-5-15(24)6-8-16)13-17-9-12-20(28-17)29-18-10-3-14(23)4-11-18/h3-13H,2H2,1H3/b19-13+,25-22?. The van der Waals surface area contributed by atoms with Crippen LogP contribution in [0, 0.1) is 5.82 Å². The molecular formula is C22H16ClFN2O2S2. The monoisotopic (exact) mass is 458 g/mol. The van der Waals surface area contributed by atoms with Gasteiger partial charge in [-0.25, -0.2) is 9.38 Å². The summed E-state index contributed by atoms with van der Waals surface area (Å²) in [5.41, 5.74) is 0.589. The van der Waals surface area contributed by atoms with Gasteiger partial charge in [0.15, 0.2) is 10.3 Å². The van der Waals surface area contributed by atoms with Crippen LogP contribution in [0.2, 0.25) is 5.02 Å². The number of thioether (sulfide) groups is 1. The lowest BCUT2D eigenvalue weighted by Gasteiger charge is -2.11. The molecule has 4 rings (SSSR count). The maximum absolute atomic E-state index is 13.1. The molecule has 2 heterocycles. The Bertz CT molecular complexity index is 1120. The Balaban J connectivity index is 1.53. The van der Waals surface area contributed by atoms with E-state index in [-0.39, 0.29) is 11.7 Å². The van der Waals surface area contributed by atoms with E-state index >= 15 is 0 Å². The van der Waals surface area contributed by atoms with Crippen LogP contribution >= 0.6 is 35.1 Å². The van der Waals surface area contributed by atoms with Crippen molar-refractivity contribution >= 4 is 58.0 Å². The lowest BCUT2D eigenvalue weighted by Crippen LogP contribution is -2.28. The minimum Gasteiger partial charge on any atom is -0.450 e. The molecule has 0 unspecified atom stereocenters. The highest BCUT2D eigenvalue weighted by Gasteiger charge is 2.32. The van der Waals surface area contributed by atoms with Gasteiger partial charge in [-0.3, -0.25) is 9.69 Å². The van der Waals surface area contributed by atoms with Gasteiger partial charge in [-0.15, -0.1) is 0 Å². The molecule has 8 heteroatoms. The van der Waals surface area contributed by atoms with Crippen molar-refractivity contribution in [1.29, 1.82) is 0 Å². The van der Waals surface area contributed by atoms with E-state index in [9.17, 15) is 9.18 Å². The quantitative estimate of drug-likeness (QED) is 0.392. The van der Waals surface area contributed by atoms with Gasteiger partial charge in [0.05, 0.1) is 10.6 Å². The van der Waals surface area contributed by atoms with Gasteiger partial charge < -0.3 is 4.42 Å². The maximum atomic E-state index is 13.1. The molecule has 0 atom stereocenters. The Morgan fingerprint density at radius 1 is 1.13 bits per heavy atom. The second-order valence-corrected chi connectivity index (χ2v) is 8.77. The Morgan fingerprint density at radius 3 is 2.57 bits per heavy atom. The molecule has 1 saturated heterocycles. The van der Waals surface area contributed by atoms with Crippen LogP contribution in [0.15, 0.2) is 85.0 Å². The summed E-state index contributed by atoms with van der Waals surface area (Å²) in [5, 5.41) is 1.95. The summed E-state index contributed by atoms with van der Waals surface area (Å²) in [7, 11) is 0. The third-order valence-corrected chi connectivity index (χ3v) is 6.35. The highest BCUT2D eigenvalue weighted by atomic mass is 35.5. The van der Waals surface area contributed by atoms with Crippen molar-refractivity contribution in [2.45, 2.75) is 16.9 Å². The molecule has 1 aromatic heterocycles. The Kier molecular flexibility index (Phi) is 6.32. The zero-order valence-electron chi connectivity index (χ0n) is 15.8. The van der Waals surface area contributed by atoms with Crippen molar-refractivity contribution < 1.29 is 13.6 Å². The van der Waals surface area contributed by atoms with Crippen LogP contribution in [0.5, 0.6) is 0 Å². The zero-order chi connectivity index (χ0) is 21.1. The molecule has 3 aromatic rings. The fourth-order valence-electron chi connectivity index (χ4n) is 2.71. The Hall–Kier alpha value is -2.48. The summed E-state index contributed by atoms with van der Waals surface area (Å²) < 4.78 is 19.0. The predicted octanol–water partition coefficient (Wildman–Crippen LogP) is 6.85. The molecule has 0 saturated carbocycles. The minimum atomic E-state index is -0.327. The number of hydrogen-bond donors (Lipinski definition) is 0. The average molecular weight is 459 g/mol. The smallest absolute Gasteiger partial charge is 0.266 e. The molecule has 0 spiro atoms. The largest absolute Gasteiger partial charge is 0.450 e. The van der Waals surface area contributed by atoms with Gasteiger partial charge in [0.1, 0.15) is 11.6 Å². The second-order valence-electron chi connectivity index (χ2n) is 6.24. The summed E-state index contributed by atoms with van der Waals surface area (Å²) in [5.74, 6) is 0.125. The van der Waals surface area contributed by atoms with Gasteiger partial charge in [-0.05, 0) is 79.3 Å². The molecule has 4 nitrogen and oxygen atoms in total. The molecule has 0 aliphatic carbocycles. The van der Waals surface area contributed by atoms with Crippen LogP contribution in [0.25, 0.3) is 6.08 Å². The molecule has 30 heavy (non-hydrogen) atoms. The predicted molar refractivity (Wildman–Crippen MR) is 121 cm³/mol. The van der Waals surface area contributed by atoms with Crippen molar-refractivity contribution in [3.63, 3.8) is 0 Å². The zero-order valence-corrected chi connectivity index (χ0v) is 18.2. The van der Waals surface area contributed by atoms with Gasteiger partial charge in [-0.2, -0.15) is 0 Å². The van der Waals surface area contributed by atoms with E-state index in [1.807, 2.05) is 43.3 Å². The van der Waals surface area contributed by atoms with Crippen LogP contribution in [0.4, 0.5) is 10.1 Å². The van der Waals surface area contributed by atoms with Crippen molar-refractivity contribution in [3.8, 4) is 0 Å². The second kappa shape index (κ2) is 9.12. The summed E-state index contributed by atoms with van der Waals surface area (Å²) in [6.45, 7) is 2.37. The van der Waals surface area contributed by atoms with Gasteiger partial charge in [0, 0.05) is 22.5 Å². The van der Waals surface area contributed by atoms with Crippen LogP contribution in [-0.2, 0) is 4.79 Å². The third-order valence-electron chi connectivity index (χ3n) is 4.16. The Morgan fingerprint density at radius 2 is 1.87 bits per heavy atom. The molecule has 2 aromatic carbocycles. The number of rotatable bonds is 5. The number of furan rings is 1. The highest BCUT2D eigenvalue weighted by molar-refractivity contribution is 8.18. The first kappa shape index (κ1) is 20.8. The number of likely N-dealkylation sites (N-methyl/N-ethyl adjacent to an activating group) is 1. The molecule has 0 bridgehead atoms. The molecule has 1 amide bonds. The molecule has 0 radical (unpaired) electrons. The molecule has 1 aliphatic rings. The number of halogens is 2. The number of carbonyl (C=O) groups excluding carboxylic acids is 1. The van der Waals surface area contributed by atoms with Gasteiger partial charge in [0.2, 0.25) is 0 Å². The molecule has 152 valence electrons.